The van der Waals surface area contributed by atoms with Crippen molar-refractivity contribution >= 4 is 6.21 Å². The third kappa shape index (κ3) is 10.8. The Morgan fingerprint density at radius 1 is 1.29 bits per heavy atom. The fourth-order valence-electron chi connectivity index (χ4n) is 1.89. The number of aliphatic imine (C=N–C) groups is 1. The summed E-state index contributed by atoms with van der Waals surface area (Å²) >= 11 is 0. The Morgan fingerprint density at radius 3 is 2.62 bits per heavy atom. The Balaban J connectivity index is 4.74. The van der Waals surface area contributed by atoms with Gasteiger partial charge in [-0.3, -0.25) is 4.99 Å². The van der Waals surface area contributed by atoms with E-state index in [0.29, 0.717) is 0 Å². The molecule has 2 heteroatoms. The van der Waals surface area contributed by atoms with Gasteiger partial charge in [0, 0.05) is 13.1 Å². The van der Waals surface area contributed by atoms with Crippen LogP contribution in [-0.4, -0.2) is 19.3 Å². The number of hydrogen-bond donors (Lipinski definition) is 1. The Labute approximate surface area is 131 Å². The fourth-order valence-corrected chi connectivity index (χ4v) is 1.89. The van der Waals surface area contributed by atoms with Gasteiger partial charge in [0.25, 0.3) is 0 Å². The predicted octanol–water partition coefficient (Wildman–Crippen LogP) is 5.21. The molecule has 0 fully saturated rings. The quantitative estimate of drug-likeness (QED) is 0.240. The maximum atomic E-state index is 4.29. The predicted molar refractivity (Wildman–Crippen MR) is 97.0 cm³/mol. The van der Waals surface area contributed by atoms with E-state index in [4.69, 9.17) is 0 Å². The lowest BCUT2D eigenvalue weighted by Gasteiger charge is -2.09. The monoisotopic (exact) mass is 288 g/mol. The van der Waals surface area contributed by atoms with Crippen molar-refractivity contribution in [3.05, 3.63) is 47.7 Å². The van der Waals surface area contributed by atoms with E-state index in [-0.39, 0.29) is 0 Å². The summed E-state index contributed by atoms with van der Waals surface area (Å²) in [6.45, 7) is 14.0. The zero-order valence-electron chi connectivity index (χ0n) is 14.3. The van der Waals surface area contributed by atoms with Crippen molar-refractivity contribution in [1.82, 2.24) is 5.32 Å². The van der Waals surface area contributed by atoms with Gasteiger partial charge < -0.3 is 5.32 Å². The summed E-state index contributed by atoms with van der Waals surface area (Å²) in [6, 6.07) is 0. The number of allylic oxidation sites excluding steroid dienone is 5. The van der Waals surface area contributed by atoms with Crippen molar-refractivity contribution in [2.24, 2.45) is 4.99 Å². The molecule has 0 saturated heterocycles. The van der Waals surface area contributed by atoms with E-state index in [1.54, 1.807) is 0 Å². The van der Waals surface area contributed by atoms with E-state index in [1.807, 2.05) is 12.3 Å². The molecule has 2 nitrogen and oxygen atoms in total. The second-order valence-electron chi connectivity index (χ2n) is 5.10. The number of nitrogens with one attached hydrogen (secondary N) is 1. The molecule has 0 aromatic rings. The van der Waals surface area contributed by atoms with Gasteiger partial charge in [-0.2, -0.15) is 0 Å². The smallest absolute Gasteiger partial charge is 0.0357 e. The molecule has 0 heterocycles. The van der Waals surface area contributed by atoms with Gasteiger partial charge in [0.2, 0.25) is 0 Å². The molecule has 118 valence electrons. The van der Waals surface area contributed by atoms with Gasteiger partial charge in [0.1, 0.15) is 0 Å². The summed E-state index contributed by atoms with van der Waals surface area (Å²) in [7, 11) is 0. The molecule has 0 aromatic heterocycles. The van der Waals surface area contributed by atoms with Crippen LogP contribution in [0.1, 0.15) is 53.4 Å². The molecular weight excluding hydrogens is 256 g/mol. The number of rotatable bonds is 11. The minimum absolute atomic E-state index is 0.807. The highest BCUT2D eigenvalue weighted by atomic mass is 14.8. The highest BCUT2D eigenvalue weighted by Gasteiger charge is 2.01. The van der Waals surface area contributed by atoms with Gasteiger partial charge in [0.05, 0.1) is 0 Å². The normalized spacial score (nSPS) is 13.8. The van der Waals surface area contributed by atoms with Crippen molar-refractivity contribution in [3.8, 4) is 0 Å². The lowest BCUT2D eigenvalue weighted by Crippen LogP contribution is -2.06. The van der Waals surface area contributed by atoms with Crippen LogP contribution >= 0.6 is 0 Å². The van der Waals surface area contributed by atoms with Gasteiger partial charge in [-0.25, -0.2) is 0 Å². The summed E-state index contributed by atoms with van der Waals surface area (Å²) in [6.07, 6.45) is 14.7. The van der Waals surface area contributed by atoms with Crippen molar-refractivity contribution in [3.63, 3.8) is 0 Å². The molecule has 0 aliphatic heterocycles. The van der Waals surface area contributed by atoms with Gasteiger partial charge >= 0.3 is 0 Å². The average Bonchev–Trinajstić information content (AvgIpc) is 2.50. The van der Waals surface area contributed by atoms with Gasteiger partial charge in [0.15, 0.2) is 0 Å². The van der Waals surface area contributed by atoms with E-state index in [1.165, 1.54) is 16.7 Å². The average molecular weight is 288 g/mol. The topological polar surface area (TPSA) is 24.4 Å². The summed E-state index contributed by atoms with van der Waals surface area (Å²) in [5, 5.41) is 3.30. The third-order valence-electron chi connectivity index (χ3n) is 3.27. The minimum atomic E-state index is 0.807. The molecule has 0 aliphatic rings. The number of hydrogen-bond acceptors (Lipinski definition) is 2. The van der Waals surface area contributed by atoms with Gasteiger partial charge in [-0.1, -0.05) is 30.7 Å². The van der Waals surface area contributed by atoms with E-state index >= 15 is 0 Å². The summed E-state index contributed by atoms with van der Waals surface area (Å²) in [5.74, 6) is 0. The molecular formula is C19H32N2. The lowest BCUT2D eigenvalue weighted by atomic mass is 9.99. The molecule has 0 amide bonds. The maximum Gasteiger partial charge on any atom is 0.0357 e. The molecule has 0 bridgehead atoms. The molecule has 0 aromatic carbocycles. The molecule has 0 atom stereocenters. The van der Waals surface area contributed by atoms with E-state index in [0.717, 1.165) is 38.8 Å². The second kappa shape index (κ2) is 13.4. The van der Waals surface area contributed by atoms with E-state index < -0.39 is 0 Å². The fraction of sp³-hybridized carbons (Fsp3) is 0.526. The third-order valence-corrected chi connectivity index (χ3v) is 3.27. The van der Waals surface area contributed by atoms with E-state index in [9.17, 15) is 0 Å². The van der Waals surface area contributed by atoms with Crippen molar-refractivity contribution in [2.75, 3.05) is 13.1 Å². The maximum absolute atomic E-state index is 4.29. The lowest BCUT2D eigenvalue weighted by molar-refractivity contribution is 0.891. The molecule has 21 heavy (non-hydrogen) atoms. The van der Waals surface area contributed by atoms with Crippen LogP contribution in [0, 0.1) is 0 Å². The summed E-state index contributed by atoms with van der Waals surface area (Å²) < 4.78 is 0. The summed E-state index contributed by atoms with van der Waals surface area (Å²) in [4.78, 5) is 4.29. The highest BCUT2D eigenvalue weighted by molar-refractivity contribution is 5.57. The number of nitrogens with zero attached hydrogens (tertiary/aromatic N) is 1. The minimum Gasteiger partial charge on any atom is -0.387 e. The van der Waals surface area contributed by atoms with Crippen LogP contribution in [-0.2, 0) is 0 Å². The first-order valence-electron chi connectivity index (χ1n) is 8.00. The molecule has 0 rings (SSSR count). The van der Waals surface area contributed by atoms with Crippen LogP contribution in [0.4, 0.5) is 0 Å². The Morgan fingerprint density at radius 2 is 2.05 bits per heavy atom. The van der Waals surface area contributed by atoms with Crippen molar-refractivity contribution < 1.29 is 0 Å². The standard InChI is InChI=1S/C19H32N2/c1-6-12-21-16-19(11-10-13-20-9-4)15-18(8-3)14-17(5)7-2/h6,8,13-14,16,21H,1,7,9-12,15H2,2-5H3/b17-14-,18-8+,19-16-,20-13-. The van der Waals surface area contributed by atoms with Crippen LogP contribution in [0.5, 0.6) is 0 Å². The molecule has 0 saturated carbocycles. The summed E-state index contributed by atoms with van der Waals surface area (Å²) in [5.41, 5.74) is 4.22. The van der Waals surface area contributed by atoms with Crippen molar-refractivity contribution in [2.45, 2.75) is 53.4 Å². The zero-order valence-corrected chi connectivity index (χ0v) is 14.3. The largest absolute Gasteiger partial charge is 0.387 e. The van der Waals surface area contributed by atoms with Crippen LogP contribution < -0.4 is 5.32 Å². The molecule has 0 radical (unpaired) electrons. The Hall–Kier alpha value is -1.57. The Bertz CT molecular complexity index is 398. The van der Waals surface area contributed by atoms with Gasteiger partial charge in [-0.05, 0) is 70.0 Å². The molecule has 0 unspecified atom stereocenters. The van der Waals surface area contributed by atoms with Crippen molar-refractivity contribution in [1.29, 1.82) is 0 Å². The molecule has 1 N–H and O–H groups in total. The van der Waals surface area contributed by atoms with Crippen LogP contribution in [0.25, 0.3) is 0 Å². The first kappa shape index (κ1) is 19.4. The zero-order chi connectivity index (χ0) is 15.9. The Kier molecular flexibility index (Phi) is 12.4. The SMILES string of the molecule is C=CCN/C=C(/CC/C=N\CC)CC(/C=C(/C)CC)=C/C. The van der Waals surface area contributed by atoms with Crippen LogP contribution in [0.3, 0.4) is 0 Å². The van der Waals surface area contributed by atoms with Gasteiger partial charge in [-0.15, -0.1) is 6.58 Å². The first-order chi connectivity index (χ1) is 10.2. The van der Waals surface area contributed by atoms with Crippen LogP contribution in [0.15, 0.2) is 52.7 Å². The van der Waals surface area contributed by atoms with E-state index in [2.05, 4.69) is 62.9 Å². The molecule has 0 aliphatic carbocycles. The van der Waals surface area contributed by atoms with Crippen LogP contribution in [0.2, 0.25) is 0 Å². The highest BCUT2D eigenvalue weighted by Crippen LogP contribution is 2.18. The molecule has 0 spiro atoms. The first-order valence-corrected chi connectivity index (χ1v) is 8.00. The second-order valence-corrected chi connectivity index (χ2v) is 5.10.